The molecule has 0 spiro atoms. The fourth-order valence-corrected chi connectivity index (χ4v) is 7.48. The van der Waals surface area contributed by atoms with E-state index in [0.29, 0.717) is 19.3 Å². The van der Waals surface area contributed by atoms with Crippen LogP contribution in [-0.2, 0) is 28.6 Å². The zero-order valence-electron chi connectivity index (χ0n) is 44.8. The van der Waals surface area contributed by atoms with Gasteiger partial charge in [0, 0.05) is 19.3 Å². The van der Waals surface area contributed by atoms with E-state index in [2.05, 4.69) is 130 Å². The topological polar surface area (TPSA) is 78.9 Å². The van der Waals surface area contributed by atoms with Crippen LogP contribution in [-0.4, -0.2) is 37.2 Å². The van der Waals surface area contributed by atoms with E-state index in [1.807, 2.05) is 0 Å². The van der Waals surface area contributed by atoms with Crippen LogP contribution in [0.15, 0.2) is 109 Å². The van der Waals surface area contributed by atoms with Gasteiger partial charge in [0.25, 0.3) is 0 Å². The molecule has 0 amide bonds. The quantitative estimate of drug-likeness (QED) is 0.0262. The number of hydrogen-bond acceptors (Lipinski definition) is 6. The maximum absolute atomic E-state index is 12.8. The van der Waals surface area contributed by atoms with E-state index in [9.17, 15) is 14.4 Å². The lowest BCUT2D eigenvalue weighted by Crippen LogP contribution is -2.30. The lowest BCUT2D eigenvalue weighted by molar-refractivity contribution is -0.167. The van der Waals surface area contributed by atoms with Crippen molar-refractivity contribution in [3.05, 3.63) is 109 Å². The van der Waals surface area contributed by atoms with Gasteiger partial charge in [-0.1, -0.05) is 220 Å². The molecule has 0 N–H and O–H groups in total. The Morgan fingerprint density at radius 2 is 0.580 bits per heavy atom. The minimum atomic E-state index is -0.819. The van der Waals surface area contributed by atoms with Crippen LogP contribution in [0.1, 0.15) is 252 Å². The molecule has 0 aliphatic rings. The largest absolute Gasteiger partial charge is 0.462 e. The highest BCUT2D eigenvalue weighted by Gasteiger charge is 2.19. The van der Waals surface area contributed by atoms with Crippen molar-refractivity contribution in [1.29, 1.82) is 0 Å². The molecule has 0 heterocycles. The number of ether oxygens (including phenoxy) is 3. The molecule has 0 aromatic heterocycles. The molecule has 6 nitrogen and oxygen atoms in total. The minimum absolute atomic E-state index is 0.111. The Kier molecular flexibility index (Phi) is 53.4. The highest BCUT2D eigenvalue weighted by Crippen LogP contribution is 2.13. The summed E-state index contributed by atoms with van der Waals surface area (Å²) in [6.07, 6.45) is 76.5. The molecular formula is C63H104O6. The Labute approximate surface area is 425 Å². The summed E-state index contributed by atoms with van der Waals surface area (Å²) in [5, 5.41) is 0. The Bertz CT molecular complexity index is 1420. The van der Waals surface area contributed by atoms with Gasteiger partial charge in [0.15, 0.2) is 6.10 Å². The first-order valence-electron chi connectivity index (χ1n) is 28.4. The van der Waals surface area contributed by atoms with Gasteiger partial charge < -0.3 is 14.2 Å². The highest BCUT2D eigenvalue weighted by molar-refractivity contribution is 5.71. The van der Waals surface area contributed by atoms with Crippen molar-refractivity contribution >= 4 is 17.9 Å². The summed E-state index contributed by atoms with van der Waals surface area (Å²) >= 11 is 0. The smallest absolute Gasteiger partial charge is 0.306 e. The number of hydrogen-bond donors (Lipinski definition) is 0. The number of carbonyl (C=O) groups is 3. The molecule has 0 radical (unpaired) electrons. The molecule has 0 saturated heterocycles. The lowest BCUT2D eigenvalue weighted by Gasteiger charge is -2.18. The average Bonchev–Trinajstić information content (AvgIpc) is 3.35. The molecule has 1 atom stereocenters. The van der Waals surface area contributed by atoms with Gasteiger partial charge in [-0.05, 0) is 122 Å². The van der Waals surface area contributed by atoms with Crippen LogP contribution >= 0.6 is 0 Å². The molecule has 0 bridgehead atoms. The van der Waals surface area contributed by atoms with Crippen molar-refractivity contribution in [3.8, 4) is 0 Å². The molecule has 0 aromatic carbocycles. The molecule has 1 unspecified atom stereocenters. The summed E-state index contributed by atoms with van der Waals surface area (Å²) in [6.45, 7) is 6.43. The first-order valence-corrected chi connectivity index (χ1v) is 28.4. The van der Waals surface area contributed by atoms with Crippen molar-refractivity contribution in [2.45, 2.75) is 258 Å². The molecule has 0 rings (SSSR count). The van der Waals surface area contributed by atoms with Crippen molar-refractivity contribution in [2.75, 3.05) is 13.2 Å². The Morgan fingerprint density at radius 1 is 0.304 bits per heavy atom. The van der Waals surface area contributed by atoms with Gasteiger partial charge in [0.2, 0.25) is 0 Å². The molecule has 69 heavy (non-hydrogen) atoms. The third kappa shape index (κ3) is 54.9. The molecule has 0 saturated carbocycles. The SMILES string of the molecule is CC/C=C\C/C=C\C/C=C\C/C=C\C/C=C\CCCC(=O)OC(COC(=O)CCCCCCC/C=C\C/C=C\CCCCCC)COC(=O)CCCCCCCCC/C=C\C/C=C\CCCCCC. The van der Waals surface area contributed by atoms with Crippen LogP contribution in [0, 0.1) is 0 Å². The van der Waals surface area contributed by atoms with Gasteiger partial charge in [-0.25, -0.2) is 0 Å². The summed E-state index contributed by atoms with van der Waals surface area (Å²) in [5.74, 6) is -0.991. The van der Waals surface area contributed by atoms with Crippen LogP contribution in [0.4, 0.5) is 0 Å². The van der Waals surface area contributed by atoms with Gasteiger partial charge >= 0.3 is 17.9 Å². The van der Waals surface area contributed by atoms with Crippen molar-refractivity contribution in [1.82, 2.24) is 0 Å². The van der Waals surface area contributed by atoms with Crippen molar-refractivity contribution in [3.63, 3.8) is 0 Å². The third-order valence-electron chi connectivity index (χ3n) is 11.7. The predicted octanol–water partition coefficient (Wildman–Crippen LogP) is 19.1. The second-order valence-electron chi connectivity index (χ2n) is 18.5. The van der Waals surface area contributed by atoms with Gasteiger partial charge in [-0.2, -0.15) is 0 Å². The summed E-state index contributed by atoms with van der Waals surface area (Å²) in [6, 6.07) is 0. The van der Waals surface area contributed by atoms with Crippen LogP contribution in [0.5, 0.6) is 0 Å². The van der Waals surface area contributed by atoms with Gasteiger partial charge in [-0.3, -0.25) is 14.4 Å². The number of carbonyl (C=O) groups excluding carboxylic acids is 3. The molecule has 392 valence electrons. The maximum atomic E-state index is 12.8. The molecular weight excluding hydrogens is 853 g/mol. The molecule has 0 fully saturated rings. The predicted molar refractivity (Wildman–Crippen MR) is 297 cm³/mol. The van der Waals surface area contributed by atoms with Gasteiger partial charge in [-0.15, -0.1) is 0 Å². The fraction of sp³-hybridized carbons (Fsp3) is 0.667. The lowest BCUT2D eigenvalue weighted by atomic mass is 10.1. The van der Waals surface area contributed by atoms with Crippen LogP contribution in [0.2, 0.25) is 0 Å². The Morgan fingerprint density at radius 3 is 0.928 bits per heavy atom. The van der Waals surface area contributed by atoms with Gasteiger partial charge in [0.05, 0.1) is 0 Å². The van der Waals surface area contributed by atoms with Crippen LogP contribution in [0.25, 0.3) is 0 Å². The summed E-state index contributed by atoms with van der Waals surface area (Å²) in [4.78, 5) is 38.1. The zero-order valence-corrected chi connectivity index (χ0v) is 44.8. The molecule has 0 aliphatic heterocycles. The second-order valence-corrected chi connectivity index (χ2v) is 18.5. The monoisotopic (exact) mass is 957 g/mol. The van der Waals surface area contributed by atoms with Crippen molar-refractivity contribution in [2.24, 2.45) is 0 Å². The van der Waals surface area contributed by atoms with Gasteiger partial charge in [0.1, 0.15) is 13.2 Å². The first-order chi connectivity index (χ1) is 34.0. The fourth-order valence-electron chi connectivity index (χ4n) is 7.48. The van der Waals surface area contributed by atoms with E-state index in [4.69, 9.17) is 14.2 Å². The van der Waals surface area contributed by atoms with E-state index in [1.165, 1.54) is 89.9 Å². The zero-order chi connectivity index (χ0) is 50.0. The minimum Gasteiger partial charge on any atom is -0.462 e. The van der Waals surface area contributed by atoms with E-state index in [1.54, 1.807) is 0 Å². The summed E-state index contributed by atoms with van der Waals surface area (Å²) in [7, 11) is 0. The molecule has 0 aromatic rings. The summed E-state index contributed by atoms with van der Waals surface area (Å²) < 4.78 is 16.8. The maximum Gasteiger partial charge on any atom is 0.306 e. The second kappa shape index (κ2) is 56.7. The van der Waals surface area contributed by atoms with E-state index in [-0.39, 0.29) is 37.5 Å². The Hall–Kier alpha value is -3.93. The molecule has 6 heteroatoms. The first kappa shape index (κ1) is 65.1. The average molecular weight is 958 g/mol. The standard InChI is InChI=1S/C63H104O6/c1-4-7-10-13-16-19-22-25-28-31-33-35-38-41-44-47-50-53-56-62(65)68-59-60(58-67-61(64)55-52-49-46-43-40-37-34-30-27-24-21-18-15-12-9-6-3)69-63(66)57-54-51-48-45-42-39-36-32-29-26-23-20-17-14-11-8-5-2/h8,11,17,19-22,24,26,28-31,34,36,39,45,48,60H,4-7,9-10,12-16,18,23,25,27,32-33,35,37-38,40-44,46-47,49-59H2,1-3H3/b11-8-,20-17-,22-19-,24-21-,29-26-,31-28-,34-30-,39-36-,48-45-. The summed E-state index contributed by atoms with van der Waals surface area (Å²) in [5.41, 5.74) is 0. The highest BCUT2D eigenvalue weighted by atomic mass is 16.6. The number of allylic oxidation sites excluding steroid dienone is 18. The number of unbranched alkanes of at least 4 members (excludes halogenated alkanes) is 21. The van der Waals surface area contributed by atoms with Crippen LogP contribution < -0.4 is 0 Å². The van der Waals surface area contributed by atoms with E-state index < -0.39 is 6.10 Å². The van der Waals surface area contributed by atoms with Crippen LogP contribution in [0.3, 0.4) is 0 Å². The number of esters is 3. The Balaban J connectivity index is 4.52. The third-order valence-corrected chi connectivity index (χ3v) is 11.7. The van der Waals surface area contributed by atoms with E-state index in [0.717, 1.165) is 116 Å². The van der Waals surface area contributed by atoms with Crippen molar-refractivity contribution < 1.29 is 28.6 Å². The normalized spacial score (nSPS) is 12.9. The van der Waals surface area contributed by atoms with E-state index >= 15 is 0 Å². The number of rotatable bonds is 50. The molecule has 0 aliphatic carbocycles.